The predicted octanol–water partition coefficient (Wildman–Crippen LogP) is 2.52. The Hall–Kier alpha value is -1.33. The zero-order valence-corrected chi connectivity index (χ0v) is 10.7. The van der Waals surface area contributed by atoms with E-state index < -0.39 is 9.84 Å². The highest BCUT2D eigenvalue weighted by Gasteiger charge is 2.19. The second-order valence-electron chi connectivity index (χ2n) is 3.52. The minimum absolute atomic E-state index is 0.0487. The lowest BCUT2D eigenvalue weighted by molar-refractivity contribution is 0.597. The molecule has 2 rings (SSSR count). The molecule has 1 heterocycles. The largest absolute Gasteiger partial charge is 0.276 e. The average molecular weight is 271 g/mol. The van der Waals surface area contributed by atoms with Crippen molar-refractivity contribution in [3.05, 3.63) is 35.5 Å². The van der Waals surface area contributed by atoms with Crippen LogP contribution in [0.15, 0.2) is 35.4 Å². The Morgan fingerprint density at radius 3 is 2.53 bits per heavy atom. The van der Waals surface area contributed by atoms with Crippen molar-refractivity contribution >= 4 is 21.4 Å². The molecule has 0 aliphatic carbocycles. The number of sulfone groups is 1. The van der Waals surface area contributed by atoms with Gasteiger partial charge in [0, 0.05) is 10.6 Å². The van der Waals surface area contributed by atoms with Crippen LogP contribution >= 0.6 is 11.6 Å². The third-order valence-corrected chi connectivity index (χ3v) is 4.44. The summed E-state index contributed by atoms with van der Waals surface area (Å²) in [6.07, 6.45) is 1.34. The smallest absolute Gasteiger partial charge is 0.181 e. The van der Waals surface area contributed by atoms with Gasteiger partial charge >= 0.3 is 0 Å². The molecule has 0 saturated carbocycles. The van der Waals surface area contributed by atoms with Gasteiger partial charge in [-0.05, 0) is 12.1 Å². The molecule has 1 N–H and O–H groups in total. The lowest BCUT2D eigenvalue weighted by atomic mass is 10.2. The number of benzene rings is 1. The fourth-order valence-electron chi connectivity index (χ4n) is 1.49. The quantitative estimate of drug-likeness (QED) is 0.932. The summed E-state index contributed by atoms with van der Waals surface area (Å²) in [6, 6.07) is 6.93. The van der Waals surface area contributed by atoms with E-state index in [-0.39, 0.29) is 10.6 Å². The number of aromatic amines is 1. The molecule has 17 heavy (non-hydrogen) atoms. The number of nitrogens with zero attached hydrogens (tertiary/aromatic N) is 1. The number of nitrogens with one attached hydrogen (secondary N) is 1. The molecule has 0 amide bonds. The van der Waals surface area contributed by atoms with E-state index in [0.29, 0.717) is 10.7 Å². The summed E-state index contributed by atoms with van der Waals surface area (Å²) in [6.45, 7) is 1.61. The van der Waals surface area contributed by atoms with Crippen LogP contribution in [0.5, 0.6) is 0 Å². The SMILES string of the molecule is CCS(=O)(=O)c1cn[nH]c1-c1ccc(Cl)cc1. The fourth-order valence-corrected chi connectivity index (χ4v) is 2.61. The van der Waals surface area contributed by atoms with Crippen molar-refractivity contribution in [1.82, 2.24) is 10.2 Å². The van der Waals surface area contributed by atoms with Crippen LogP contribution in [0.1, 0.15) is 6.92 Å². The Balaban J connectivity index is 2.55. The van der Waals surface area contributed by atoms with E-state index in [4.69, 9.17) is 11.6 Å². The summed E-state index contributed by atoms with van der Waals surface area (Å²) in [5.41, 5.74) is 1.25. The maximum atomic E-state index is 11.8. The Kier molecular flexibility index (Phi) is 3.22. The van der Waals surface area contributed by atoms with E-state index >= 15 is 0 Å². The molecule has 6 heteroatoms. The Morgan fingerprint density at radius 2 is 1.94 bits per heavy atom. The Labute approximate surface area is 105 Å². The molecule has 1 aromatic carbocycles. The number of hydrogen-bond donors (Lipinski definition) is 1. The molecule has 0 bridgehead atoms. The van der Waals surface area contributed by atoms with Gasteiger partial charge in [-0.3, -0.25) is 5.10 Å². The monoisotopic (exact) mass is 270 g/mol. The molecular weight excluding hydrogens is 260 g/mol. The summed E-state index contributed by atoms with van der Waals surface area (Å²) in [7, 11) is -3.27. The van der Waals surface area contributed by atoms with Gasteiger partial charge in [-0.25, -0.2) is 8.42 Å². The highest BCUT2D eigenvalue weighted by atomic mass is 35.5. The van der Waals surface area contributed by atoms with E-state index in [2.05, 4.69) is 10.2 Å². The van der Waals surface area contributed by atoms with Gasteiger partial charge in [0.05, 0.1) is 17.6 Å². The van der Waals surface area contributed by atoms with Gasteiger partial charge in [-0.2, -0.15) is 5.10 Å². The molecule has 0 unspecified atom stereocenters. The second kappa shape index (κ2) is 4.50. The minimum atomic E-state index is -3.27. The summed E-state index contributed by atoms with van der Waals surface area (Å²) in [4.78, 5) is 0.224. The summed E-state index contributed by atoms with van der Waals surface area (Å²) < 4.78 is 23.7. The van der Waals surface area contributed by atoms with Crippen molar-refractivity contribution in [2.75, 3.05) is 5.75 Å². The third kappa shape index (κ3) is 2.35. The van der Waals surface area contributed by atoms with Gasteiger partial charge in [0.2, 0.25) is 0 Å². The maximum Gasteiger partial charge on any atom is 0.181 e. The summed E-state index contributed by atoms with van der Waals surface area (Å²) >= 11 is 5.79. The molecule has 90 valence electrons. The Bertz CT molecular complexity index is 617. The fraction of sp³-hybridized carbons (Fsp3) is 0.182. The lowest BCUT2D eigenvalue weighted by Gasteiger charge is -2.03. The van der Waals surface area contributed by atoms with Gasteiger partial charge < -0.3 is 0 Å². The number of halogens is 1. The highest BCUT2D eigenvalue weighted by Crippen LogP contribution is 2.26. The first-order valence-corrected chi connectivity index (χ1v) is 7.09. The van der Waals surface area contributed by atoms with Crippen molar-refractivity contribution in [1.29, 1.82) is 0 Å². The van der Waals surface area contributed by atoms with Gasteiger partial charge in [0.15, 0.2) is 9.84 Å². The van der Waals surface area contributed by atoms with E-state index in [9.17, 15) is 8.42 Å². The van der Waals surface area contributed by atoms with Crippen LogP contribution in [0.2, 0.25) is 5.02 Å². The van der Waals surface area contributed by atoms with Crippen LogP contribution in [0.25, 0.3) is 11.3 Å². The first-order chi connectivity index (χ1) is 8.04. The first-order valence-electron chi connectivity index (χ1n) is 5.06. The summed E-state index contributed by atoms with van der Waals surface area (Å²) in [5.74, 6) is 0.0487. The van der Waals surface area contributed by atoms with Crippen LogP contribution in [0, 0.1) is 0 Å². The van der Waals surface area contributed by atoms with Crippen molar-refractivity contribution in [3.8, 4) is 11.3 Å². The molecule has 0 aliphatic heterocycles. The minimum Gasteiger partial charge on any atom is -0.276 e. The van der Waals surface area contributed by atoms with Crippen molar-refractivity contribution in [2.45, 2.75) is 11.8 Å². The van der Waals surface area contributed by atoms with Gasteiger partial charge in [-0.1, -0.05) is 30.7 Å². The zero-order valence-electron chi connectivity index (χ0n) is 9.14. The van der Waals surface area contributed by atoms with Gasteiger partial charge in [0.25, 0.3) is 0 Å². The van der Waals surface area contributed by atoms with Crippen molar-refractivity contribution < 1.29 is 8.42 Å². The van der Waals surface area contributed by atoms with Crippen LogP contribution in [-0.4, -0.2) is 24.4 Å². The molecule has 0 atom stereocenters. The van der Waals surface area contributed by atoms with E-state index in [0.717, 1.165) is 5.56 Å². The standard InChI is InChI=1S/C11H11ClN2O2S/c1-2-17(15,16)10-7-13-14-11(10)8-3-5-9(12)6-4-8/h3-7H,2H2,1H3,(H,13,14). The molecule has 0 spiro atoms. The van der Waals surface area contributed by atoms with E-state index in [1.807, 2.05) is 0 Å². The second-order valence-corrected chi connectivity index (χ2v) is 6.20. The van der Waals surface area contributed by atoms with E-state index in [1.54, 1.807) is 31.2 Å². The number of H-pyrrole nitrogens is 1. The normalized spacial score (nSPS) is 11.6. The van der Waals surface area contributed by atoms with Crippen LogP contribution in [0.4, 0.5) is 0 Å². The van der Waals surface area contributed by atoms with Crippen molar-refractivity contribution in [3.63, 3.8) is 0 Å². The molecule has 0 fully saturated rings. The first kappa shape index (κ1) is 12.1. The average Bonchev–Trinajstić information content (AvgIpc) is 2.80. The van der Waals surface area contributed by atoms with Crippen LogP contribution < -0.4 is 0 Å². The lowest BCUT2D eigenvalue weighted by Crippen LogP contribution is -2.03. The number of aromatic nitrogens is 2. The summed E-state index contributed by atoms with van der Waals surface area (Å²) in [5, 5.41) is 7.11. The highest BCUT2D eigenvalue weighted by molar-refractivity contribution is 7.91. The topological polar surface area (TPSA) is 62.8 Å². The zero-order chi connectivity index (χ0) is 12.5. The molecule has 0 radical (unpaired) electrons. The van der Waals surface area contributed by atoms with E-state index in [1.165, 1.54) is 6.20 Å². The molecule has 4 nitrogen and oxygen atoms in total. The van der Waals surface area contributed by atoms with Crippen molar-refractivity contribution in [2.24, 2.45) is 0 Å². The van der Waals surface area contributed by atoms with Gasteiger partial charge in [0.1, 0.15) is 4.90 Å². The molecular formula is C11H11ClN2O2S. The third-order valence-electron chi connectivity index (χ3n) is 2.45. The van der Waals surface area contributed by atoms with Gasteiger partial charge in [-0.15, -0.1) is 0 Å². The molecule has 0 aliphatic rings. The Morgan fingerprint density at radius 1 is 1.29 bits per heavy atom. The number of rotatable bonds is 3. The predicted molar refractivity (Wildman–Crippen MR) is 66.8 cm³/mol. The maximum absolute atomic E-state index is 11.8. The molecule has 0 saturated heterocycles. The van der Waals surface area contributed by atoms with Crippen LogP contribution in [0.3, 0.4) is 0 Å². The molecule has 2 aromatic rings. The van der Waals surface area contributed by atoms with Crippen LogP contribution in [-0.2, 0) is 9.84 Å². The molecule has 1 aromatic heterocycles. The number of hydrogen-bond acceptors (Lipinski definition) is 3.